The standard InChI is InChI=1S/C25H31N5O/c1-2-26-25(27-14-13-20-17-28-23-11-6-5-10-22(20)23)29-16-19-8-3-4-9-21(19)18-30-15-7-12-24(30)31/h3-6,8-11,17,28H,2,7,12-16,18H2,1H3,(H2,26,27,29). The molecule has 0 radical (unpaired) electrons. The highest BCUT2D eigenvalue weighted by Gasteiger charge is 2.20. The number of likely N-dealkylation sites (tertiary alicyclic amines) is 1. The lowest BCUT2D eigenvalue weighted by Gasteiger charge is -2.18. The Kier molecular flexibility index (Phi) is 6.87. The van der Waals surface area contributed by atoms with Gasteiger partial charge in [-0.15, -0.1) is 0 Å². The molecule has 1 aromatic heterocycles. The van der Waals surface area contributed by atoms with Crippen LogP contribution in [-0.4, -0.2) is 41.4 Å². The van der Waals surface area contributed by atoms with Crippen LogP contribution in [0.2, 0.25) is 0 Å². The van der Waals surface area contributed by atoms with E-state index in [9.17, 15) is 4.79 Å². The number of H-pyrrole nitrogens is 1. The fourth-order valence-electron chi connectivity index (χ4n) is 4.10. The number of aromatic amines is 1. The van der Waals surface area contributed by atoms with Crippen molar-refractivity contribution in [3.8, 4) is 0 Å². The first-order valence-corrected chi connectivity index (χ1v) is 11.2. The molecule has 162 valence electrons. The van der Waals surface area contributed by atoms with Crippen molar-refractivity contribution in [2.75, 3.05) is 19.6 Å². The van der Waals surface area contributed by atoms with Gasteiger partial charge in [0.2, 0.25) is 5.91 Å². The van der Waals surface area contributed by atoms with Gasteiger partial charge in [0.05, 0.1) is 6.54 Å². The lowest BCUT2D eigenvalue weighted by Crippen LogP contribution is -2.38. The van der Waals surface area contributed by atoms with E-state index in [4.69, 9.17) is 4.99 Å². The molecule has 0 spiro atoms. The van der Waals surface area contributed by atoms with Crippen molar-refractivity contribution in [1.29, 1.82) is 0 Å². The summed E-state index contributed by atoms with van der Waals surface area (Å²) in [5, 5.41) is 8.06. The topological polar surface area (TPSA) is 72.5 Å². The normalized spacial score (nSPS) is 14.4. The van der Waals surface area contributed by atoms with Crippen molar-refractivity contribution in [3.05, 3.63) is 71.4 Å². The minimum atomic E-state index is 0.255. The number of amides is 1. The molecule has 6 heteroatoms. The Hall–Kier alpha value is -3.28. The molecule has 31 heavy (non-hydrogen) atoms. The van der Waals surface area contributed by atoms with Gasteiger partial charge in [-0.05, 0) is 42.5 Å². The molecule has 0 saturated carbocycles. The van der Waals surface area contributed by atoms with Crippen LogP contribution in [-0.2, 0) is 24.3 Å². The maximum absolute atomic E-state index is 12.0. The Morgan fingerprint density at radius 1 is 1.06 bits per heavy atom. The molecule has 1 fully saturated rings. The first-order valence-electron chi connectivity index (χ1n) is 11.2. The van der Waals surface area contributed by atoms with E-state index in [-0.39, 0.29) is 5.91 Å². The summed E-state index contributed by atoms with van der Waals surface area (Å²) in [6.07, 6.45) is 4.64. The molecule has 0 bridgehead atoms. The second kappa shape index (κ2) is 10.2. The van der Waals surface area contributed by atoms with Crippen LogP contribution in [0.15, 0.2) is 59.7 Å². The first kappa shape index (κ1) is 21.0. The summed E-state index contributed by atoms with van der Waals surface area (Å²) in [4.78, 5) is 22.1. The van der Waals surface area contributed by atoms with Gasteiger partial charge in [0.25, 0.3) is 0 Å². The molecule has 1 saturated heterocycles. The van der Waals surface area contributed by atoms with E-state index < -0.39 is 0 Å². The Morgan fingerprint density at radius 2 is 1.87 bits per heavy atom. The predicted molar refractivity (Wildman–Crippen MR) is 126 cm³/mol. The molecule has 2 heterocycles. The molecule has 1 aliphatic heterocycles. The molecule has 1 amide bonds. The molecule has 3 N–H and O–H groups in total. The predicted octanol–water partition coefficient (Wildman–Crippen LogP) is 3.59. The number of guanidine groups is 1. The van der Waals surface area contributed by atoms with Crippen LogP contribution in [0, 0.1) is 0 Å². The van der Waals surface area contributed by atoms with E-state index in [0.29, 0.717) is 19.5 Å². The molecule has 0 aliphatic carbocycles. The van der Waals surface area contributed by atoms with Gasteiger partial charge in [0, 0.05) is 49.7 Å². The van der Waals surface area contributed by atoms with Crippen molar-refractivity contribution < 1.29 is 4.79 Å². The Balaban J connectivity index is 1.38. The van der Waals surface area contributed by atoms with Crippen LogP contribution in [0.1, 0.15) is 36.5 Å². The zero-order valence-electron chi connectivity index (χ0n) is 18.2. The third-order valence-corrected chi connectivity index (χ3v) is 5.76. The second-order valence-electron chi connectivity index (χ2n) is 7.92. The van der Waals surface area contributed by atoms with Crippen molar-refractivity contribution in [1.82, 2.24) is 20.5 Å². The molecule has 6 nitrogen and oxygen atoms in total. The van der Waals surface area contributed by atoms with E-state index in [1.807, 2.05) is 23.1 Å². The van der Waals surface area contributed by atoms with Gasteiger partial charge in [-0.2, -0.15) is 0 Å². The molecule has 3 aromatic rings. The Morgan fingerprint density at radius 3 is 2.68 bits per heavy atom. The third-order valence-electron chi connectivity index (χ3n) is 5.76. The fourth-order valence-corrected chi connectivity index (χ4v) is 4.10. The van der Waals surface area contributed by atoms with Crippen LogP contribution in [0.4, 0.5) is 0 Å². The van der Waals surface area contributed by atoms with Gasteiger partial charge in [0.15, 0.2) is 5.96 Å². The summed E-state index contributed by atoms with van der Waals surface area (Å²) in [7, 11) is 0. The van der Waals surface area contributed by atoms with Crippen LogP contribution in [0.25, 0.3) is 10.9 Å². The number of carbonyl (C=O) groups is 1. The number of hydrogen-bond donors (Lipinski definition) is 3. The highest BCUT2D eigenvalue weighted by Crippen LogP contribution is 2.19. The van der Waals surface area contributed by atoms with Gasteiger partial charge in [-0.1, -0.05) is 42.5 Å². The van der Waals surface area contributed by atoms with Gasteiger partial charge >= 0.3 is 0 Å². The van der Waals surface area contributed by atoms with Crippen molar-refractivity contribution in [2.24, 2.45) is 4.99 Å². The van der Waals surface area contributed by atoms with E-state index in [0.717, 1.165) is 44.0 Å². The zero-order chi connectivity index (χ0) is 21.5. The number of nitrogens with one attached hydrogen (secondary N) is 3. The number of nitrogens with zero attached hydrogens (tertiary/aromatic N) is 2. The SMILES string of the molecule is CCNC(=NCc1ccccc1CN1CCCC1=O)NCCc1c[nH]c2ccccc12. The fraction of sp³-hybridized carbons (Fsp3) is 0.360. The van der Waals surface area contributed by atoms with Gasteiger partial charge < -0.3 is 20.5 Å². The number of fused-ring (bicyclic) bond motifs is 1. The Labute approximate surface area is 183 Å². The van der Waals surface area contributed by atoms with Crippen LogP contribution >= 0.6 is 0 Å². The lowest BCUT2D eigenvalue weighted by atomic mass is 10.1. The lowest BCUT2D eigenvalue weighted by molar-refractivity contribution is -0.128. The highest BCUT2D eigenvalue weighted by molar-refractivity contribution is 5.83. The second-order valence-corrected chi connectivity index (χ2v) is 7.92. The number of carbonyl (C=O) groups excluding carboxylic acids is 1. The number of hydrogen-bond acceptors (Lipinski definition) is 2. The largest absolute Gasteiger partial charge is 0.361 e. The van der Waals surface area contributed by atoms with Crippen LogP contribution in [0.5, 0.6) is 0 Å². The number of rotatable bonds is 8. The average Bonchev–Trinajstić information content (AvgIpc) is 3.39. The van der Waals surface area contributed by atoms with Crippen molar-refractivity contribution >= 4 is 22.8 Å². The number of aliphatic imine (C=N–C) groups is 1. The quantitative estimate of drug-likeness (QED) is 0.387. The van der Waals surface area contributed by atoms with Crippen molar-refractivity contribution in [2.45, 2.75) is 39.3 Å². The summed E-state index contributed by atoms with van der Waals surface area (Å²) in [5.41, 5.74) is 4.82. The Bertz CT molecular complexity index is 1050. The maximum atomic E-state index is 12.0. The zero-order valence-corrected chi connectivity index (χ0v) is 18.2. The molecule has 1 aliphatic rings. The first-order chi connectivity index (χ1) is 15.2. The smallest absolute Gasteiger partial charge is 0.222 e. The summed E-state index contributed by atoms with van der Waals surface area (Å²) >= 11 is 0. The maximum Gasteiger partial charge on any atom is 0.222 e. The van der Waals surface area contributed by atoms with Gasteiger partial charge in [-0.3, -0.25) is 4.79 Å². The van der Waals surface area contributed by atoms with Gasteiger partial charge in [-0.25, -0.2) is 4.99 Å². The van der Waals surface area contributed by atoms with E-state index in [2.05, 4.69) is 59.1 Å². The van der Waals surface area contributed by atoms with Crippen molar-refractivity contribution in [3.63, 3.8) is 0 Å². The average molecular weight is 418 g/mol. The molecule has 4 rings (SSSR count). The molecular weight excluding hydrogens is 386 g/mol. The van der Waals surface area contributed by atoms with Crippen LogP contribution < -0.4 is 10.6 Å². The minimum Gasteiger partial charge on any atom is -0.361 e. The minimum absolute atomic E-state index is 0.255. The van der Waals surface area contributed by atoms with Gasteiger partial charge in [0.1, 0.15) is 0 Å². The summed E-state index contributed by atoms with van der Waals surface area (Å²) in [5.74, 6) is 1.07. The third kappa shape index (κ3) is 5.26. The number of para-hydroxylation sites is 1. The van der Waals surface area contributed by atoms with E-state index in [1.165, 1.54) is 22.0 Å². The molecule has 0 unspecified atom stereocenters. The molecular formula is C25H31N5O. The number of benzene rings is 2. The van der Waals surface area contributed by atoms with E-state index >= 15 is 0 Å². The molecule has 2 aromatic carbocycles. The summed E-state index contributed by atoms with van der Waals surface area (Å²) in [6.45, 7) is 5.80. The van der Waals surface area contributed by atoms with Crippen LogP contribution in [0.3, 0.4) is 0 Å². The molecule has 0 atom stereocenters. The summed E-state index contributed by atoms with van der Waals surface area (Å²) in [6, 6.07) is 16.7. The number of aromatic nitrogens is 1. The monoisotopic (exact) mass is 417 g/mol. The summed E-state index contributed by atoms with van der Waals surface area (Å²) < 4.78 is 0. The highest BCUT2D eigenvalue weighted by atomic mass is 16.2. The van der Waals surface area contributed by atoms with E-state index in [1.54, 1.807) is 0 Å².